The minimum atomic E-state index is -0.108. The molecular formula is C20H23N5O. The van der Waals surface area contributed by atoms with Gasteiger partial charge in [-0.2, -0.15) is 0 Å². The molecule has 2 unspecified atom stereocenters. The molecule has 2 aromatic carbocycles. The maximum atomic E-state index is 12.6. The molecule has 1 aromatic heterocycles. The number of rotatable bonds is 6. The van der Waals surface area contributed by atoms with Gasteiger partial charge >= 0.3 is 0 Å². The van der Waals surface area contributed by atoms with Crippen LogP contribution < -0.4 is 16.2 Å². The maximum absolute atomic E-state index is 12.6. The number of nitrogens with one attached hydrogen (secondary N) is 4. The molecule has 1 saturated heterocycles. The lowest BCUT2D eigenvalue weighted by molar-refractivity contribution is -0.124. The normalized spacial score (nSPS) is 19.7. The van der Waals surface area contributed by atoms with Crippen LogP contribution in [0.4, 0.5) is 0 Å². The second-order valence-electron chi connectivity index (χ2n) is 6.62. The van der Waals surface area contributed by atoms with Crippen molar-refractivity contribution in [1.29, 1.82) is 0 Å². The quantitative estimate of drug-likeness (QED) is 0.514. The van der Waals surface area contributed by atoms with Gasteiger partial charge in [0.1, 0.15) is 5.82 Å². The highest BCUT2D eigenvalue weighted by atomic mass is 16.2. The van der Waals surface area contributed by atoms with Gasteiger partial charge in [0.15, 0.2) is 0 Å². The van der Waals surface area contributed by atoms with Crippen LogP contribution in [0.3, 0.4) is 0 Å². The molecule has 0 radical (unpaired) electrons. The Morgan fingerprint density at radius 1 is 1.12 bits per heavy atom. The highest BCUT2D eigenvalue weighted by Gasteiger charge is 2.33. The molecule has 26 heavy (non-hydrogen) atoms. The molecule has 2 heterocycles. The summed E-state index contributed by atoms with van der Waals surface area (Å²) in [5.74, 6) is 0.941. The minimum absolute atomic E-state index is 0.00609. The van der Waals surface area contributed by atoms with Gasteiger partial charge < -0.3 is 10.3 Å². The van der Waals surface area contributed by atoms with Crippen molar-refractivity contribution in [2.75, 3.05) is 13.1 Å². The lowest BCUT2D eigenvalue weighted by atomic mass is 9.94. The number of amides is 1. The van der Waals surface area contributed by atoms with E-state index in [1.54, 1.807) is 0 Å². The van der Waals surface area contributed by atoms with E-state index in [1.807, 2.05) is 54.6 Å². The van der Waals surface area contributed by atoms with Crippen molar-refractivity contribution in [2.24, 2.45) is 5.92 Å². The third-order valence-corrected chi connectivity index (χ3v) is 4.81. The Hall–Kier alpha value is -2.70. The molecule has 0 saturated carbocycles. The number of benzene rings is 2. The molecule has 6 nitrogen and oxygen atoms in total. The number of hydrogen-bond acceptors (Lipinski definition) is 4. The number of carbonyl (C=O) groups is 1. The summed E-state index contributed by atoms with van der Waals surface area (Å²) in [6, 6.07) is 18.1. The highest BCUT2D eigenvalue weighted by Crippen LogP contribution is 2.24. The van der Waals surface area contributed by atoms with Crippen molar-refractivity contribution in [2.45, 2.75) is 18.9 Å². The number of aryl methyl sites for hydroxylation is 1. The SMILES string of the molecule is O=C(NCCCc1nc2ccccc2[nH]1)C1CNNC1c1ccccc1. The zero-order chi connectivity index (χ0) is 17.8. The molecule has 4 N–H and O–H groups in total. The first-order valence-corrected chi connectivity index (χ1v) is 9.06. The molecule has 0 spiro atoms. The summed E-state index contributed by atoms with van der Waals surface area (Å²) in [6.45, 7) is 1.28. The summed E-state index contributed by atoms with van der Waals surface area (Å²) in [4.78, 5) is 20.5. The van der Waals surface area contributed by atoms with Crippen LogP contribution in [0.1, 0.15) is 23.9 Å². The third kappa shape index (κ3) is 3.61. The van der Waals surface area contributed by atoms with Crippen LogP contribution in [0, 0.1) is 5.92 Å². The Balaban J connectivity index is 1.28. The van der Waals surface area contributed by atoms with Crippen molar-refractivity contribution < 1.29 is 4.79 Å². The van der Waals surface area contributed by atoms with Gasteiger partial charge in [0.25, 0.3) is 0 Å². The molecule has 1 aliphatic rings. The minimum Gasteiger partial charge on any atom is -0.356 e. The monoisotopic (exact) mass is 349 g/mol. The summed E-state index contributed by atoms with van der Waals surface area (Å²) >= 11 is 0. The average molecular weight is 349 g/mol. The Morgan fingerprint density at radius 3 is 2.77 bits per heavy atom. The largest absolute Gasteiger partial charge is 0.356 e. The number of hydrogen-bond donors (Lipinski definition) is 4. The third-order valence-electron chi connectivity index (χ3n) is 4.81. The van der Waals surface area contributed by atoms with Crippen molar-refractivity contribution in [3.63, 3.8) is 0 Å². The van der Waals surface area contributed by atoms with Gasteiger partial charge in [-0.1, -0.05) is 42.5 Å². The van der Waals surface area contributed by atoms with Crippen molar-refractivity contribution >= 4 is 16.9 Å². The number of aromatic nitrogens is 2. The topological polar surface area (TPSA) is 81.8 Å². The first kappa shape index (κ1) is 16.8. The molecule has 3 aromatic rings. The van der Waals surface area contributed by atoms with Crippen LogP contribution in [0.5, 0.6) is 0 Å². The van der Waals surface area contributed by atoms with Gasteiger partial charge in [0.05, 0.1) is 23.0 Å². The number of hydrazine groups is 1. The molecule has 1 aliphatic heterocycles. The van der Waals surface area contributed by atoms with Gasteiger partial charge in [-0.3, -0.25) is 10.2 Å². The summed E-state index contributed by atoms with van der Waals surface area (Å²) < 4.78 is 0. The Kier molecular flexibility index (Phi) is 4.95. The van der Waals surface area contributed by atoms with E-state index in [2.05, 4.69) is 26.1 Å². The summed E-state index contributed by atoms with van der Waals surface area (Å²) in [5, 5.41) is 3.07. The fourth-order valence-corrected chi connectivity index (χ4v) is 3.44. The van der Waals surface area contributed by atoms with Gasteiger partial charge in [0, 0.05) is 19.5 Å². The van der Waals surface area contributed by atoms with Crippen LogP contribution in [-0.2, 0) is 11.2 Å². The number of H-pyrrole nitrogens is 1. The molecule has 0 aliphatic carbocycles. The Labute approximate surface area is 152 Å². The van der Waals surface area contributed by atoms with Crippen LogP contribution in [0.15, 0.2) is 54.6 Å². The fraction of sp³-hybridized carbons (Fsp3) is 0.300. The number of imidazole rings is 1. The zero-order valence-electron chi connectivity index (χ0n) is 14.5. The molecule has 0 bridgehead atoms. The van der Waals surface area contributed by atoms with Gasteiger partial charge in [0.2, 0.25) is 5.91 Å². The van der Waals surface area contributed by atoms with E-state index in [-0.39, 0.29) is 17.9 Å². The first-order chi connectivity index (χ1) is 12.8. The van der Waals surface area contributed by atoms with Crippen LogP contribution >= 0.6 is 0 Å². The summed E-state index contributed by atoms with van der Waals surface area (Å²) in [6.07, 6.45) is 1.67. The van der Waals surface area contributed by atoms with E-state index in [4.69, 9.17) is 0 Å². The van der Waals surface area contributed by atoms with Gasteiger partial charge in [-0.25, -0.2) is 10.4 Å². The van der Waals surface area contributed by atoms with E-state index in [0.29, 0.717) is 13.1 Å². The molecule has 4 rings (SSSR count). The smallest absolute Gasteiger partial charge is 0.226 e. The van der Waals surface area contributed by atoms with E-state index in [9.17, 15) is 4.79 Å². The van der Waals surface area contributed by atoms with Crippen LogP contribution in [0.2, 0.25) is 0 Å². The molecule has 1 fully saturated rings. The van der Waals surface area contributed by atoms with Crippen LogP contribution in [-0.4, -0.2) is 29.0 Å². The number of para-hydroxylation sites is 2. The van der Waals surface area contributed by atoms with Crippen LogP contribution in [0.25, 0.3) is 11.0 Å². The maximum Gasteiger partial charge on any atom is 0.226 e. The average Bonchev–Trinajstić information content (AvgIpc) is 3.32. The first-order valence-electron chi connectivity index (χ1n) is 9.06. The lowest BCUT2D eigenvalue weighted by Crippen LogP contribution is -2.35. The van der Waals surface area contributed by atoms with Crippen molar-refractivity contribution in [3.8, 4) is 0 Å². The summed E-state index contributed by atoms with van der Waals surface area (Å²) in [5.41, 5.74) is 9.48. The number of aromatic amines is 1. The second-order valence-corrected chi connectivity index (χ2v) is 6.62. The molecule has 6 heteroatoms. The molecular weight excluding hydrogens is 326 g/mol. The molecule has 134 valence electrons. The van der Waals surface area contributed by atoms with E-state index in [1.165, 1.54) is 0 Å². The van der Waals surface area contributed by atoms with E-state index < -0.39 is 0 Å². The standard InChI is InChI=1S/C20H23N5O/c26-20(15-13-22-25-19(15)14-7-2-1-3-8-14)21-12-6-11-18-23-16-9-4-5-10-17(16)24-18/h1-5,7-10,15,19,22,25H,6,11-13H2,(H,21,26)(H,23,24). The number of carbonyl (C=O) groups excluding carboxylic acids is 1. The van der Waals surface area contributed by atoms with Gasteiger partial charge in [-0.15, -0.1) is 0 Å². The second kappa shape index (κ2) is 7.68. The predicted molar refractivity (Wildman–Crippen MR) is 101 cm³/mol. The van der Waals surface area contributed by atoms with Gasteiger partial charge in [-0.05, 0) is 24.1 Å². The number of nitrogens with zero attached hydrogens (tertiary/aromatic N) is 1. The fourth-order valence-electron chi connectivity index (χ4n) is 3.44. The molecule has 1 amide bonds. The van der Waals surface area contributed by atoms with Crippen molar-refractivity contribution in [3.05, 3.63) is 66.0 Å². The summed E-state index contributed by atoms with van der Waals surface area (Å²) in [7, 11) is 0. The van der Waals surface area contributed by atoms with E-state index in [0.717, 1.165) is 35.3 Å². The Bertz CT molecular complexity index is 843. The number of fused-ring (bicyclic) bond motifs is 1. The lowest BCUT2D eigenvalue weighted by Gasteiger charge is -2.18. The Morgan fingerprint density at radius 2 is 1.92 bits per heavy atom. The zero-order valence-corrected chi connectivity index (χ0v) is 14.5. The highest BCUT2D eigenvalue weighted by molar-refractivity contribution is 5.80. The predicted octanol–water partition coefficient (Wildman–Crippen LogP) is 2.08. The van der Waals surface area contributed by atoms with Crippen molar-refractivity contribution in [1.82, 2.24) is 26.1 Å². The van der Waals surface area contributed by atoms with E-state index >= 15 is 0 Å². The molecule has 2 atom stereocenters.